The molecular weight excluding hydrogens is 278 g/mol. The molecule has 15 heavy (non-hydrogen) atoms. The number of nitrogens with one attached hydrogen (secondary N) is 1. The van der Waals surface area contributed by atoms with Crippen molar-refractivity contribution in [1.82, 2.24) is 4.72 Å². The van der Waals surface area contributed by atoms with Crippen molar-refractivity contribution in [2.24, 2.45) is 5.41 Å². The van der Waals surface area contributed by atoms with Gasteiger partial charge in [-0.3, -0.25) is 0 Å². The maximum Gasteiger partial charge on any atom is 0.211 e. The SMILES string of the molecule is CCCS(=O)(=O)NC(CCBr)C(C)(C)C. The van der Waals surface area contributed by atoms with Crippen LogP contribution in [0.3, 0.4) is 0 Å². The van der Waals surface area contributed by atoms with Crippen LogP contribution in [0.2, 0.25) is 0 Å². The third-order valence-corrected chi connectivity index (χ3v) is 4.29. The number of rotatable bonds is 6. The molecule has 0 saturated heterocycles. The van der Waals surface area contributed by atoms with Gasteiger partial charge in [0.1, 0.15) is 0 Å². The molecule has 0 aliphatic carbocycles. The summed E-state index contributed by atoms with van der Waals surface area (Å²) in [6.07, 6.45) is 1.47. The summed E-state index contributed by atoms with van der Waals surface area (Å²) in [7, 11) is -3.11. The zero-order chi connectivity index (χ0) is 12.1. The van der Waals surface area contributed by atoms with E-state index in [4.69, 9.17) is 0 Å². The lowest BCUT2D eigenvalue weighted by Gasteiger charge is -2.30. The van der Waals surface area contributed by atoms with E-state index in [2.05, 4.69) is 41.4 Å². The van der Waals surface area contributed by atoms with Crippen molar-refractivity contribution in [1.29, 1.82) is 0 Å². The van der Waals surface area contributed by atoms with Crippen molar-refractivity contribution in [2.45, 2.75) is 46.6 Å². The minimum Gasteiger partial charge on any atom is -0.212 e. The summed E-state index contributed by atoms with van der Waals surface area (Å²) in [6, 6.07) is -0.00609. The predicted octanol–water partition coefficient (Wildman–Crippen LogP) is 2.52. The Labute approximate surface area is 102 Å². The normalized spacial score (nSPS) is 15.3. The molecule has 0 saturated carbocycles. The summed E-state index contributed by atoms with van der Waals surface area (Å²) >= 11 is 3.35. The fraction of sp³-hybridized carbons (Fsp3) is 1.00. The van der Waals surface area contributed by atoms with Crippen LogP contribution in [0.15, 0.2) is 0 Å². The molecule has 1 unspecified atom stereocenters. The summed E-state index contributed by atoms with van der Waals surface area (Å²) in [6.45, 7) is 8.02. The van der Waals surface area contributed by atoms with Crippen LogP contribution in [-0.4, -0.2) is 25.5 Å². The third kappa shape index (κ3) is 6.53. The fourth-order valence-electron chi connectivity index (χ4n) is 1.32. The first-order chi connectivity index (χ1) is 6.73. The second-order valence-electron chi connectivity index (χ2n) is 4.83. The Bertz CT molecular complexity index is 270. The molecule has 0 amide bonds. The van der Waals surface area contributed by atoms with E-state index in [0.717, 1.165) is 11.8 Å². The number of hydrogen-bond donors (Lipinski definition) is 1. The summed E-state index contributed by atoms with van der Waals surface area (Å²) < 4.78 is 26.0. The number of hydrogen-bond acceptors (Lipinski definition) is 2. The van der Waals surface area contributed by atoms with Gasteiger partial charge in [0, 0.05) is 11.4 Å². The minimum absolute atomic E-state index is 0.00609. The number of halogens is 1. The van der Waals surface area contributed by atoms with Gasteiger partial charge >= 0.3 is 0 Å². The fourth-order valence-corrected chi connectivity index (χ4v) is 3.34. The lowest BCUT2D eigenvalue weighted by atomic mass is 9.86. The Kier molecular flexibility index (Phi) is 6.37. The highest BCUT2D eigenvalue weighted by molar-refractivity contribution is 9.09. The zero-order valence-corrected chi connectivity index (χ0v) is 12.4. The van der Waals surface area contributed by atoms with Crippen LogP contribution in [0.5, 0.6) is 0 Å². The van der Waals surface area contributed by atoms with E-state index in [1.165, 1.54) is 0 Å². The second-order valence-corrected chi connectivity index (χ2v) is 7.50. The van der Waals surface area contributed by atoms with E-state index in [-0.39, 0.29) is 17.2 Å². The summed E-state index contributed by atoms with van der Waals surface area (Å²) in [5.74, 6) is 0.210. The lowest BCUT2D eigenvalue weighted by molar-refractivity contribution is 0.293. The van der Waals surface area contributed by atoms with Gasteiger partial charge in [0.05, 0.1) is 5.75 Å². The van der Waals surface area contributed by atoms with Gasteiger partial charge < -0.3 is 0 Å². The van der Waals surface area contributed by atoms with E-state index >= 15 is 0 Å². The Balaban J connectivity index is 4.55. The molecule has 0 bridgehead atoms. The molecule has 5 heteroatoms. The van der Waals surface area contributed by atoms with Crippen LogP contribution in [0.25, 0.3) is 0 Å². The van der Waals surface area contributed by atoms with Crippen LogP contribution in [0.4, 0.5) is 0 Å². The van der Waals surface area contributed by atoms with E-state index in [0.29, 0.717) is 6.42 Å². The first-order valence-corrected chi connectivity index (χ1v) is 8.06. The molecule has 0 fully saturated rings. The Morgan fingerprint density at radius 2 is 1.87 bits per heavy atom. The lowest BCUT2D eigenvalue weighted by Crippen LogP contribution is -2.44. The Hall–Kier alpha value is 0.390. The van der Waals surface area contributed by atoms with Gasteiger partial charge in [-0.05, 0) is 18.3 Å². The average Bonchev–Trinajstić information content (AvgIpc) is 2.01. The minimum atomic E-state index is -3.11. The molecule has 0 aliphatic rings. The summed E-state index contributed by atoms with van der Waals surface area (Å²) in [4.78, 5) is 0. The van der Waals surface area contributed by atoms with Gasteiger partial charge in [0.2, 0.25) is 10.0 Å². The maximum atomic E-state index is 11.6. The molecule has 0 aromatic rings. The molecule has 1 atom stereocenters. The number of alkyl halides is 1. The van der Waals surface area contributed by atoms with Crippen LogP contribution in [0, 0.1) is 5.41 Å². The molecule has 0 aliphatic heterocycles. The maximum absolute atomic E-state index is 11.6. The third-order valence-electron chi connectivity index (χ3n) is 2.24. The molecule has 0 aromatic carbocycles. The summed E-state index contributed by atoms with van der Waals surface area (Å²) in [5, 5.41) is 0.809. The highest BCUT2D eigenvalue weighted by atomic mass is 79.9. The van der Waals surface area contributed by atoms with Crippen molar-refractivity contribution < 1.29 is 8.42 Å². The van der Waals surface area contributed by atoms with Crippen molar-refractivity contribution >= 4 is 26.0 Å². The first kappa shape index (κ1) is 15.4. The van der Waals surface area contributed by atoms with Crippen molar-refractivity contribution in [2.75, 3.05) is 11.1 Å². The zero-order valence-electron chi connectivity index (χ0n) is 10.0. The van der Waals surface area contributed by atoms with Crippen molar-refractivity contribution in [3.8, 4) is 0 Å². The molecule has 92 valence electrons. The van der Waals surface area contributed by atoms with Crippen LogP contribution in [-0.2, 0) is 10.0 Å². The highest BCUT2D eigenvalue weighted by Gasteiger charge is 2.27. The second kappa shape index (κ2) is 6.21. The topological polar surface area (TPSA) is 46.2 Å². The standard InChI is InChI=1S/C10H22BrNO2S/c1-5-8-15(13,14)12-9(6-7-11)10(2,3)4/h9,12H,5-8H2,1-4H3. The van der Waals surface area contributed by atoms with E-state index in [9.17, 15) is 8.42 Å². The van der Waals surface area contributed by atoms with Gasteiger partial charge in [0.15, 0.2) is 0 Å². The molecule has 0 radical (unpaired) electrons. The molecule has 0 heterocycles. The molecule has 1 N–H and O–H groups in total. The van der Waals surface area contributed by atoms with Crippen LogP contribution in [0.1, 0.15) is 40.5 Å². The Morgan fingerprint density at radius 1 is 1.33 bits per heavy atom. The highest BCUT2D eigenvalue weighted by Crippen LogP contribution is 2.23. The van der Waals surface area contributed by atoms with Crippen molar-refractivity contribution in [3.63, 3.8) is 0 Å². The molecular formula is C10H22BrNO2S. The Morgan fingerprint density at radius 3 is 2.20 bits per heavy atom. The van der Waals surface area contributed by atoms with Crippen molar-refractivity contribution in [3.05, 3.63) is 0 Å². The smallest absolute Gasteiger partial charge is 0.211 e. The summed E-state index contributed by atoms with van der Waals surface area (Å²) in [5.41, 5.74) is -0.0470. The van der Waals surface area contributed by atoms with Gasteiger partial charge in [-0.1, -0.05) is 43.6 Å². The van der Waals surface area contributed by atoms with Crippen LogP contribution < -0.4 is 4.72 Å². The predicted molar refractivity (Wildman–Crippen MR) is 68.9 cm³/mol. The van der Waals surface area contributed by atoms with E-state index < -0.39 is 10.0 Å². The molecule has 0 spiro atoms. The average molecular weight is 300 g/mol. The largest absolute Gasteiger partial charge is 0.212 e. The quantitative estimate of drug-likeness (QED) is 0.766. The van der Waals surface area contributed by atoms with Crippen LogP contribution >= 0.6 is 15.9 Å². The first-order valence-electron chi connectivity index (χ1n) is 5.29. The molecule has 0 aromatic heterocycles. The van der Waals surface area contributed by atoms with Gasteiger partial charge in [-0.25, -0.2) is 13.1 Å². The molecule has 3 nitrogen and oxygen atoms in total. The number of sulfonamides is 1. The molecule has 0 rings (SSSR count). The van der Waals surface area contributed by atoms with Gasteiger partial charge in [-0.2, -0.15) is 0 Å². The van der Waals surface area contributed by atoms with Gasteiger partial charge in [0.25, 0.3) is 0 Å². The van der Waals surface area contributed by atoms with E-state index in [1.807, 2.05) is 6.92 Å². The van der Waals surface area contributed by atoms with E-state index in [1.54, 1.807) is 0 Å². The monoisotopic (exact) mass is 299 g/mol. The van der Waals surface area contributed by atoms with Gasteiger partial charge in [-0.15, -0.1) is 0 Å².